The third-order valence-corrected chi connectivity index (χ3v) is 11.8. The van der Waals surface area contributed by atoms with Crippen LogP contribution in [0.15, 0.2) is 158 Å². The van der Waals surface area contributed by atoms with Gasteiger partial charge in [-0.2, -0.15) is 0 Å². The number of ether oxygens (including phenoxy) is 2. The number of hydrogen-bond donors (Lipinski definition) is 1. The van der Waals surface area contributed by atoms with Gasteiger partial charge in [-0.1, -0.05) is 255 Å². The molecule has 5 nitrogen and oxygen atoms in total. The summed E-state index contributed by atoms with van der Waals surface area (Å²) in [6.45, 7) is 3.89. The number of allylic oxidation sites excluding steroid dienone is 26. The second kappa shape index (κ2) is 60.8. The van der Waals surface area contributed by atoms with Gasteiger partial charge in [-0.3, -0.25) is 9.59 Å². The number of aliphatic hydroxyl groups is 1. The van der Waals surface area contributed by atoms with Crippen LogP contribution in [0.3, 0.4) is 0 Å². The summed E-state index contributed by atoms with van der Waals surface area (Å²) in [5.41, 5.74) is 0. The molecule has 0 bridgehead atoms. The van der Waals surface area contributed by atoms with Crippen LogP contribution < -0.4 is 0 Å². The molecule has 0 saturated heterocycles. The lowest BCUT2D eigenvalue weighted by atomic mass is 10.0. The molecule has 0 aromatic heterocycles. The monoisotopic (exact) mass is 991 g/mol. The maximum atomic E-state index is 12.3. The molecule has 0 aliphatic rings. The number of unbranched alkanes of at least 4 members (excludes halogenated alkanes) is 17. The van der Waals surface area contributed by atoms with Crippen LogP contribution in [-0.2, 0) is 19.1 Å². The van der Waals surface area contributed by atoms with Gasteiger partial charge in [0.1, 0.15) is 6.61 Å². The van der Waals surface area contributed by atoms with Crippen molar-refractivity contribution in [3.63, 3.8) is 0 Å². The molecule has 0 saturated carbocycles. The number of hydrogen-bond acceptors (Lipinski definition) is 5. The first kappa shape index (κ1) is 67.5. The first-order valence-corrected chi connectivity index (χ1v) is 29.0. The average molecular weight is 992 g/mol. The molecular formula is C67H106O5. The Balaban J connectivity index is 3.60. The summed E-state index contributed by atoms with van der Waals surface area (Å²) in [5.74, 6) is -0.620. The van der Waals surface area contributed by atoms with E-state index in [1.165, 1.54) is 77.0 Å². The largest absolute Gasteiger partial charge is 0.462 e. The quantitative estimate of drug-likeness (QED) is 0.0373. The summed E-state index contributed by atoms with van der Waals surface area (Å²) in [5, 5.41) is 9.66. The minimum atomic E-state index is -0.793. The fourth-order valence-electron chi connectivity index (χ4n) is 7.54. The summed E-state index contributed by atoms with van der Waals surface area (Å²) in [4.78, 5) is 24.6. The van der Waals surface area contributed by atoms with Gasteiger partial charge < -0.3 is 14.6 Å². The molecule has 0 radical (unpaired) electrons. The van der Waals surface area contributed by atoms with Crippen molar-refractivity contribution in [1.82, 2.24) is 0 Å². The van der Waals surface area contributed by atoms with Crippen LogP contribution in [0.25, 0.3) is 0 Å². The van der Waals surface area contributed by atoms with Crippen LogP contribution in [0.1, 0.15) is 232 Å². The molecule has 0 heterocycles. The van der Waals surface area contributed by atoms with E-state index in [-0.39, 0.29) is 25.2 Å². The Labute approximate surface area is 443 Å². The molecule has 5 heteroatoms. The number of carbonyl (C=O) groups is 2. The summed E-state index contributed by atoms with van der Waals surface area (Å²) >= 11 is 0. The van der Waals surface area contributed by atoms with Crippen LogP contribution in [0.4, 0.5) is 0 Å². The zero-order valence-electron chi connectivity index (χ0n) is 46.1. The van der Waals surface area contributed by atoms with E-state index in [4.69, 9.17) is 9.47 Å². The predicted molar refractivity (Wildman–Crippen MR) is 315 cm³/mol. The van der Waals surface area contributed by atoms with Gasteiger partial charge in [0.25, 0.3) is 0 Å². The Kier molecular flexibility index (Phi) is 57.0. The molecule has 72 heavy (non-hydrogen) atoms. The van der Waals surface area contributed by atoms with Gasteiger partial charge in [-0.15, -0.1) is 0 Å². The number of carbonyl (C=O) groups excluding carboxylic acids is 2. The topological polar surface area (TPSA) is 72.8 Å². The normalized spacial score (nSPS) is 13.4. The SMILES string of the molecule is CC/C=C\C/C=C\C/C=C\C/C=C\C/C=C\C/C=C\C/C=C\CCCCCCCCCCCCCC(=O)OC(CO)COC(=O)CCCCCCCC/C=C\C/C=C\C/C=C\C/C=C\C/C=C\C/C=C\CC. The zero-order chi connectivity index (χ0) is 52.0. The molecule has 0 aliphatic carbocycles. The van der Waals surface area contributed by atoms with Crippen molar-refractivity contribution in [1.29, 1.82) is 0 Å². The summed E-state index contributed by atoms with van der Waals surface area (Å²) < 4.78 is 10.7. The van der Waals surface area contributed by atoms with E-state index < -0.39 is 6.10 Å². The molecule has 0 aromatic rings. The van der Waals surface area contributed by atoms with Crippen molar-refractivity contribution in [3.05, 3.63) is 158 Å². The van der Waals surface area contributed by atoms with Gasteiger partial charge >= 0.3 is 11.9 Å². The fraction of sp³-hybridized carbons (Fsp3) is 0.582. The van der Waals surface area contributed by atoms with Crippen LogP contribution in [-0.4, -0.2) is 36.4 Å². The Morgan fingerprint density at radius 1 is 0.319 bits per heavy atom. The van der Waals surface area contributed by atoms with Crippen molar-refractivity contribution in [3.8, 4) is 0 Å². The van der Waals surface area contributed by atoms with E-state index in [1.54, 1.807) is 0 Å². The van der Waals surface area contributed by atoms with E-state index in [0.29, 0.717) is 12.8 Å². The van der Waals surface area contributed by atoms with Gasteiger partial charge in [0.2, 0.25) is 0 Å². The first-order chi connectivity index (χ1) is 35.6. The molecule has 0 aliphatic heterocycles. The van der Waals surface area contributed by atoms with Gasteiger partial charge in [0.05, 0.1) is 6.61 Å². The molecule has 1 N–H and O–H groups in total. The standard InChI is InChI=1S/C67H106O5/c1-3-5-7-9-11-13-15-17-19-21-23-25-27-29-30-31-32-33-34-35-36-38-40-42-44-46-48-50-52-54-56-58-60-62-67(70)72-65(63-68)64-71-66(69)61-59-57-55-53-51-49-47-45-43-41-39-37-28-26-24-22-20-18-16-14-12-10-8-6-4-2/h5-8,11-14,17-20,23-26,29-30,32-33,35-37,39,43,45,65,68H,3-4,9-10,15-16,21-22,27-28,31,34,38,40-42,44,46-64H2,1-2H3/b7-5-,8-6-,13-11-,14-12-,19-17-,20-18-,25-23-,26-24-,30-29-,33-32-,36-35-,39-37-,45-43-. The predicted octanol–water partition coefficient (Wildman–Crippen LogP) is 20.0. The van der Waals surface area contributed by atoms with Crippen LogP contribution in [0.5, 0.6) is 0 Å². The molecule has 0 aromatic carbocycles. The third-order valence-electron chi connectivity index (χ3n) is 11.8. The molecular weight excluding hydrogens is 885 g/mol. The highest BCUT2D eigenvalue weighted by Gasteiger charge is 2.16. The summed E-state index contributed by atoms with van der Waals surface area (Å²) in [7, 11) is 0. The van der Waals surface area contributed by atoms with E-state index in [2.05, 4.69) is 172 Å². The minimum Gasteiger partial charge on any atom is -0.462 e. The first-order valence-electron chi connectivity index (χ1n) is 29.0. The minimum absolute atomic E-state index is 0.0849. The maximum absolute atomic E-state index is 12.3. The lowest BCUT2D eigenvalue weighted by Gasteiger charge is -2.15. The Morgan fingerprint density at radius 2 is 0.556 bits per heavy atom. The van der Waals surface area contributed by atoms with Crippen molar-refractivity contribution < 1.29 is 24.2 Å². The second-order valence-electron chi connectivity index (χ2n) is 18.6. The van der Waals surface area contributed by atoms with E-state index in [1.807, 2.05) is 0 Å². The summed E-state index contributed by atoms with van der Waals surface area (Å²) in [6, 6.07) is 0. The average Bonchev–Trinajstić information content (AvgIpc) is 3.38. The molecule has 0 fully saturated rings. The number of aliphatic hydroxyl groups excluding tert-OH is 1. The van der Waals surface area contributed by atoms with E-state index in [9.17, 15) is 14.7 Å². The van der Waals surface area contributed by atoms with Gasteiger partial charge in [-0.25, -0.2) is 0 Å². The maximum Gasteiger partial charge on any atom is 0.306 e. The highest BCUT2D eigenvalue weighted by atomic mass is 16.6. The Hall–Kier alpha value is -4.48. The van der Waals surface area contributed by atoms with Gasteiger partial charge in [0.15, 0.2) is 6.10 Å². The molecule has 1 atom stereocenters. The fourth-order valence-corrected chi connectivity index (χ4v) is 7.54. The summed E-state index contributed by atoms with van der Waals surface area (Å²) in [6.07, 6.45) is 93.5. The Morgan fingerprint density at radius 3 is 0.833 bits per heavy atom. The number of esters is 2. The van der Waals surface area contributed by atoms with Gasteiger partial charge in [-0.05, 0) is 122 Å². The molecule has 404 valence electrons. The molecule has 0 spiro atoms. The molecule has 0 amide bonds. The third kappa shape index (κ3) is 58.1. The lowest BCUT2D eigenvalue weighted by Crippen LogP contribution is -2.28. The lowest BCUT2D eigenvalue weighted by molar-refractivity contribution is -0.161. The molecule has 0 rings (SSSR count). The van der Waals surface area contributed by atoms with Crippen LogP contribution >= 0.6 is 0 Å². The Bertz CT molecular complexity index is 1590. The zero-order valence-corrected chi connectivity index (χ0v) is 46.1. The van der Waals surface area contributed by atoms with Crippen LogP contribution in [0, 0.1) is 0 Å². The highest BCUT2D eigenvalue weighted by molar-refractivity contribution is 5.70. The molecule has 1 unspecified atom stereocenters. The van der Waals surface area contributed by atoms with Crippen molar-refractivity contribution in [2.24, 2.45) is 0 Å². The van der Waals surface area contributed by atoms with Crippen LogP contribution in [0.2, 0.25) is 0 Å². The van der Waals surface area contributed by atoms with Crippen molar-refractivity contribution in [2.75, 3.05) is 13.2 Å². The van der Waals surface area contributed by atoms with E-state index in [0.717, 1.165) is 128 Å². The number of rotatable bonds is 51. The van der Waals surface area contributed by atoms with Crippen molar-refractivity contribution >= 4 is 11.9 Å². The van der Waals surface area contributed by atoms with E-state index >= 15 is 0 Å². The highest BCUT2D eigenvalue weighted by Crippen LogP contribution is 2.14. The van der Waals surface area contributed by atoms with Gasteiger partial charge in [0, 0.05) is 12.8 Å². The smallest absolute Gasteiger partial charge is 0.306 e. The second-order valence-corrected chi connectivity index (χ2v) is 18.6. The van der Waals surface area contributed by atoms with Crippen molar-refractivity contribution in [2.45, 2.75) is 238 Å².